The highest BCUT2D eigenvalue weighted by atomic mass is 35.5. The third-order valence-corrected chi connectivity index (χ3v) is 4.00. The van der Waals surface area contributed by atoms with Crippen molar-refractivity contribution >= 4 is 23.3 Å². The molecule has 0 bridgehead atoms. The van der Waals surface area contributed by atoms with E-state index in [1.165, 1.54) is 6.20 Å². The van der Waals surface area contributed by atoms with Crippen LogP contribution in [0.3, 0.4) is 0 Å². The molecule has 1 fully saturated rings. The van der Waals surface area contributed by atoms with E-state index in [9.17, 15) is 4.79 Å². The van der Waals surface area contributed by atoms with Crippen LogP contribution in [0, 0.1) is 0 Å². The maximum absolute atomic E-state index is 12.1. The van der Waals surface area contributed by atoms with Gasteiger partial charge in [-0.3, -0.25) is 4.79 Å². The maximum atomic E-state index is 12.1. The molecular weight excluding hydrogens is 278 g/mol. The second kappa shape index (κ2) is 6.41. The highest BCUT2D eigenvalue weighted by molar-refractivity contribution is 6.33. The first kappa shape index (κ1) is 15.1. The van der Waals surface area contributed by atoms with E-state index in [2.05, 4.69) is 15.6 Å². The van der Waals surface area contributed by atoms with E-state index in [4.69, 9.17) is 16.3 Å². The molecule has 0 spiro atoms. The predicted molar refractivity (Wildman–Crippen MR) is 79.3 cm³/mol. The minimum atomic E-state index is -0.184. The first-order valence-electron chi connectivity index (χ1n) is 6.83. The lowest BCUT2D eigenvalue weighted by Gasteiger charge is -2.40. The molecule has 0 unspecified atom stereocenters. The number of hydrogen-bond donors (Lipinski definition) is 2. The molecule has 0 radical (unpaired) electrons. The highest BCUT2D eigenvalue weighted by Gasteiger charge is 2.37. The summed E-state index contributed by atoms with van der Waals surface area (Å²) in [6.45, 7) is 3.21. The summed E-state index contributed by atoms with van der Waals surface area (Å²) in [7, 11) is 1.69. The van der Waals surface area contributed by atoms with Crippen LogP contribution in [0.15, 0.2) is 12.3 Å². The van der Waals surface area contributed by atoms with E-state index in [1.807, 2.05) is 6.92 Å². The molecule has 1 aromatic rings. The Labute approximate surface area is 124 Å². The van der Waals surface area contributed by atoms with Crippen molar-refractivity contribution in [3.05, 3.63) is 22.8 Å². The molecule has 1 saturated carbocycles. The zero-order valence-corrected chi connectivity index (χ0v) is 12.6. The fourth-order valence-electron chi connectivity index (χ4n) is 2.23. The number of aromatic nitrogens is 1. The van der Waals surface area contributed by atoms with Crippen LogP contribution in [0.1, 0.15) is 36.5 Å². The highest BCUT2D eigenvalue weighted by Crippen LogP contribution is 2.34. The van der Waals surface area contributed by atoms with Crippen molar-refractivity contribution in [2.75, 3.05) is 25.5 Å². The number of anilines is 1. The Morgan fingerprint density at radius 2 is 2.30 bits per heavy atom. The lowest BCUT2D eigenvalue weighted by atomic mass is 9.80. The van der Waals surface area contributed by atoms with Gasteiger partial charge < -0.3 is 15.4 Å². The number of pyridine rings is 1. The van der Waals surface area contributed by atoms with E-state index >= 15 is 0 Å². The topological polar surface area (TPSA) is 63.2 Å². The molecule has 1 aliphatic rings. The van der Waals surface area contributed by atoms with Crippen LogP contribution in [0.25, 0.3) is 0 Å². The van der Waals surface area contributed by atoms with Crippen LogP contribution in [0.4, 0.5) is 5.82 Å². The van der Waals surface area contributed by atoms with Crippen LogP contribution in [-0.2, 0) is 4.74 Å². The zero-order valence-electron chi connectivity index (χ0n) is 11.8. The molecule has 0 aliphatic heterocycles. The molecule has 0 saturated heterocycles. The van der Waals surface area contributed by atoms with Crippen LogP contribution in [-0.4, -0.2) is 36.7 Å². The molecule has 1 heterocycles. The molecule has 1 amide bonds. The van der Waals surface area contributed by atoms with Gasteiger partial charge in [-0.25, -0.2) is 4.98 Å². The van der Waals surface area contributed by atoms with E-state index in [0.29, 0.717) is 22.9 Å². The van der Waals surface area contributed by atoms with Crippen molar-refractivity contribution in [1.29, 1.82) is 0 Å². The van der Waals surface area contributed by atoms with Crippen molar-refractivity contribution in [2.24, 2.45) is 0 Å². The summed E-state index contributed by atoms with van der Waals surface area (Å²) >= 11 is 6.08. The van der Waals surface area contributed by atoms with Gasteiger partial charge in [-0.05, 0) is 32.3 Å². The molecule has 110 valence electrons. The maximum Gasteiger partial charge on any atom is 0.253 e. The molecule has 1 aliphatic carbocycles. The number of rotatable bonds is 6. The molecule has 5 nitrogen and oxygen atoms in total. The summed E-state index contributed by atoms with van der Waals surface area (Å²) in [6.07, 6.45) is 4.65. The molecule has 1 aromatic heterocycles. The van der Waals surface area contributed by atoms with Gasteiger partial charge in [-0.15, -0.1) is 0 Å². The van der Waals surface area contributed by atoms with Crippen LogP contribution < -0.4 is 10.6 Å². The SMILES string of the molecule is CCNc1ncc(C(=O)NCC2(OC)CCC2)cc1Cl. The number of nitrogens with zero attached hydrogens (tertiary/aromatic N) is 1. The quantitative estimate of drug-likeness (QED) is 0.847. The van der Waals surface area contributed by atoms with Crippen LogP contribution in [0.5, 0.6) is 0 Å². The van der Waals surface area contributed by atoms with Gasteiger partial charge in [-0.2, -0.15) is 0 Å². The Morgan fingerprint density at radius 1 is 1.55 bits per heavy atom. The van der Waals surface area contributed by atoms with E-state index < -0.39 is 0 Å². The number of carbonyl (C=O) groups excluding carboxylic acids is 1. The standard InChI is InChI=1S/C14H20ClN3O2/c1-3-16-12-11(15)7-10(8-17-12)13(19)18-9-14(20-2)5-4-6-14/h7-8H,3-6,9H2,1-2H3,(H,16,17)(H,18,19). The summed E-state index contributed by atoms with van der Waals surface area (Å²) in [4.78, 5) is 16.2. The first-order valence-corrected chi connectivity index (χ1v) is 7.21. The summed E-state index contributed by atoms with van der Waals surface area (Å²) < 4.78 is 5.47. The molecule has 0 aromatic carbocycles. The van der Waals surface area contributed by atoms with Gasteiger partial charge in [0.25, 0.3) is 5.91 Å². The molecule has 0 atom stereocenters. The lowest BCUT2D eigenvalue weighted by Crippen LogP contribution is -2.49. The molecule has 2 N–H and O–H groups in total. The summed E-state index contributed by atoms with van der Waals surface area (Å²) in [5.74, 6) is 0.420. The smallest absolute Gasteiger partial charge is 0.253 e. The molecule has 6 heteroatoms. The molecule has 20 heavy (non-hydrogen) atoms. The number of carbonyl (C=O) groups is 1. The molecular formula is C14H20ClN3O2. The summed E-state index contributed by atoms with van der Waals surface area (Å²) in [6, 6.07) is 1.63. The fraction of sp³-hybridized carbons (Fsp3) is 0.571. The first-order chi connectivity index (χ1) is 9.60. The van der Waals surface area contributed by atoms with Gasteiger partial charge in [0, 0.05) is 26.4 Å². The molecule has 2 rings (SSSR count). The Hall–Kier alpha value is -1.33. The summed E-state index contributed by atoms with van der Waals surface area (Å²) in [5, 5.41) is 6.37. The van der Waals surface area contributed by atoms with Gasteiger partial charge in [0.1, 0.15) is 5.82 Å². The Balaban J connectivity index is 1.97. The van der Waals surface area contributed by atoms with Crippen molar-refractivity contribution < 1.29 is 9.53 Å². The number of methoxy groups -OCH3 is 1. The van der Waals surface area contributed by atoms with E-state index in [0.717, 1.165) is 25.8 Å². The van der Waals surface area contributed by atoms with Gasteiger partial charge in [0.2, 0.25) is 0 Å². The van der Waals surface area contributed by atoms with Gasteiger partial charge in [-0.1, -0.05) is 11.6 Å². The van der Waals surface area contributed by atoms with Gasteiger partial charge in [0.05, 0.1) is 16.2 Å². The van der Waals surface area contributed by atoms with Crippen molar-refractivity contribution in [2.45, 2.75) is 31.8 Å². The van der Waals surface area contributed by atoms with Gasteiger partial charge >= 0.3 is 0 Å². The van der Waals surface area contributed by atoms with Crippen molar-refractivity contribution in [3.8, 4) is 0 Å². The minimum absolute atomic E-state index is 0.175. The summed E-state index contributed by atoms with van der Waals surface area (Å²) in [5.41, 5.74) is 0.276. The third-order valence-electron chi connectivity index (χ3n) is 3.72. The van der Waals surface area contributed by atoms with E-state index in [-0.39, 0.29) is 11.5 Å². The van der Waals surface area contributed by atoms with Gasteiger partial charge in [0.15, 0.2) is 0 Å². The number of ether oxygens (including phenoxy) is 1. The largest absolute Gasteiger partial charge is 0.376 e. The number of hydrogen-bond acceptors (Lipinski definition) is 4. The fourth-order valence-corrected chi connectivity index (χ4v) is 2.46. The second-order valence-electron chi connectivity index (χ2n) is 5.01. The monoisotopic (exact) mass is 297 g/mol. The van der Waals surface area contributed by atoms with E-state index in [1.54, 1.807) is 13.2 Å². The Morgan fingerprint density at radius 3 is 2.80 bits per heavy atom. The Bertz CT molecular complexity index is 484. The average Bonchev–Trinajstić information content (AvgIpc) is 2.40. The predicted octanol–water partition coefficient (Wildman–Crippen LogP) is 2.47. The lowest BCUT2D eigenvalue weighted by molar-refractivity contribution is -0.0679. The average molecular weight is 298 g/mol. The number of halogens is 1. The van der Waals surface area contributed by atoms with Crippen molar-refractivity contribution in [3.63, 3.8) is 0 Å². The normalized spacial score (nSPS) is 16.4. The second-order valence-corrected chi connectivity index (χ2v) is 5.42. The minimum Gasteiger partial charge on any atom is -0.376 e. The van der Waals surface area contributed by atoms with Crippen LogP contribution in [0.2, 0.25) is 5.02 Å². The third kappa shape index (κ3) is 3.22. The number of nitrogens with one attached hydrogen (secondary N) is 2. The van der Waals surface area contributed by atoms with Crippen molar-refractivity contribution in [1.82, 2.24) is 10.3 Å². The zero-order chi connectivity index (χ0) is 14.6. The van der Waals surface area contributed by atoms with Crippen LogP contribution >= 0.6 is 11.6 Å². The number of amides is 1. The Kier molecular flexibility index (Phi) is 4.83.